The second-order valence-corrected chi connectivity index (χ2v) is 7.19. The maximum absolute atomic E-state index is 12.8. The summed E-state index contributed by atoms with van der Waals surface area (Å²) in [5.41, 5.74) is 2.16. The van der Waals surface area contributed by atoms with Crippen molar-refractivity contribution in [2.24, 2.45) is 0 Å². The van der Waals surface area contributed by atoms with Crippen LogP contribution < -0.4 is 10.9 Å². The summed E-state index contributed by atoms with van der Waals surface area (Å²) in [7, 11) is 0. The quantitative estimate of drug-likeness (QED) is 0.519. The van der Waals surface area contributed by atoms with Gasteiger partial charge in [0.2, 0.25) is 17.4 Å². The van der Waals surface area contributed by atoms with Crippen molar-refractivity contribution < 1.29 is 14.0 Å². The fourth-order valence-electron chi connectivity index (χ4n) is 3.50. The topological polar surface area (TPSA) is 97.4 Å². The standard InChI is InChI=1S/C23H22N4O4/c1-3-26(15(2)28)12-16-8-4-6-10-18(16)25-20(29)13-27-14-24-21-17-9-5-7-11-19(17)31-22(21)23(27)30/h4-11,14H,3,12-13H2,1-2H3,(H,25,29). The lowest BCUT2D eigenvalue weighted by Crippen LogP contribution is -2.30. The van der Waals surface area contributed by atoms with Gasteiger partial charge in [-0.15, -0.1) is 0 Å². The summed E-state index contributed by atoms with van der Waals surface area (Å²) in [6.07, 6.45) is 1.35. The number of anilines is 1. The number of furan rings is 1. The Morgan fingerprint density at radius 2 is 1.87 bits per heavy atom. The van der Waals surface area contributed by atoms with Gasteiger partial charge in [-0.25, -0.2) is 4.98 Å². The summed E-state index contributed by atoms with van der Waals surface area (Å²) in [6, 6.07) is 14.6. The first-order valence-corrected chi connectivity index (χ1v) is 9.98. The van der Waals surface area contributed by atoms with Gasteiger partial charge in [0.1, 0.15) is 17.6 Å². The molecule has 0 bridgehead atoms. The van der Waals surface area contributed by atoms with E-state index in [4.69, 9.17) is 4.42 Å². The van der Waals surface area contributed by atoms with E-state index in [1.165, 1.54) is 17.8 Å². The van der Waals surface area contributed by atoms with Crippen LogP contribution >= 0.6 is 0 Å². The number of para-hydroxylation sites is 2. The molecule has 0 unspecified atom stereocenters. The van der Waals surface area contributed by atoms with Gasteiger partial charge in [0.15, 0.2) is 0 Å². The van der Waals surface area contributed by atoms with Gasteiger partial charge in [0.25, 0.3) is 5.56 Å². The first-order valence-electron chi connectivity index (χ1n) is 9.98. The molecule has 0 atom stereocenters. The van der Waals surface area contributed by atoms with E-state index in [9.17, 15) is 14.4 Å². The minimum Gasteiger partial charge on any atom is -0.448 e. The van der Waals surface area contributed by atoms with Crippen LogP contribution in [0.1, 0.15) is 19.4 Å². The number of hydrogen-bond donors (Lipinski definition) is 1. The zero-order valence-corrected chi connectivity index (χ0v) is 17.3. The number of fused-ring (bicyclic) bond motifs is 3. The van der Waals surface area contributed by atoms with Crippen LogP contribution in [0.25, 0.3) is 22.1 Å². The smallest absolute Gasteiger partial charge is 0.297 e. The minimum absolute atomic E-state index is 0.0413. The molecule has 0 radical (unpaired) electrons. The fraction of sp³-hybridized carbons (Fsp3) is 0.217. The number of amides is 2. The number of carbonyl (C=O) groups excluding carboxylic acids is 2. The first-order chi connectivity index (χ1) is 15.0. The molecular weight excluding hydrogens is 396 g/mol. The normalized spacial score (nSPS) is 11.0. The highest BCUT2D eigenvalue weighted by molar-refractivity contribution is 6.01. The predicted molar refractivity (Wildman–Crippen MR) is 118 cm³/mol. The third-order valence-electron chi connectivity index (χ3n) is 5.14. The van der Waals surface area contributed by atoms with Crippen molar-refractivity contribution in [3.63, 3.8) is 0 Å². The zero-order valence-electron chi connectivity index (χ0n) is 17.3. The van der Waals surface area contributed by atoms with E-state index in [1.54, 1.807) is 23.1 Å². The molecular formula is C23H22N4O4. The Bertz CT molecular complexity index is 1340. The molecule has 0 aliphatic rings. The lowest BCUT2D eigenvalue weighted by Gasteiger charge is -2.21. The van der Waals surface area contributed by atoms with E-state index in [-0.39, 0.29) is 23.9 Å². The first kappa shape index (κ1) is 20.3. The Hall–Kier alpha value is -3.94. The summed E-state index contributed by atoms with van der Waals surface area (Å²) in [6.45, 7) is 4.15. The molecule has 0 saturated heterocycles. The van der Waals surface area contributed by atoms with Gasteiger partial charge in [-0.1, -0.05) is 30.3 Å². The lowest BCUT2D eigenvalue weighted by molar-refractivity contribution is -0.129. The van der Waals surface area contributed by atoms with Crippen molar-refractivity contribution in [3.8, 4) is 0 Å². The molecule has 0 saturated carbocycles. The zero-order chi connectivity index (χ0) is 22.0. The molecule has 0 aliphatic heterocycles. The van der Waals surface area contributed by atoms with Crippen LogP contribution in [0.5, 0.6) is 0 Å². The van der Waals surface area contributed by atoms with Crippen LogP contribution in [0.15, 0.2) is 64.1 Å². The van der Waals surface area contributed by atoms with Crippen molar-refractivity contribution in [2.75, 3.05) is 11.9 Å². The molecule has 0 aliphatic carbocycles. The monoisotopic (exact) mass is 418 g/mol. The molecule has 158 valence electrons. The van der Waals surface area contributed by atoms with Crippen molar-refractivity contribution in [1.82, 2.24) is 14.5 Å². The summed E-state index contributed by atoms with van der Waals surface area (Å²) >= 11 is 0. The highest BCUT2D eigenvalue weighted by Gasteiger charge is 2.16. The molecule has 0 fully saturated rings. The summed E-state index contributed by atoms with van der Waals surface area (Å²) in [5.74, 6) is -0.418. The van der Waals surface area contributed by atoms with Crippen molar-refractivity contribution in [1.29, 1.82) is 0 Å². The molecule has 4 aromatic rings. The lowest BCUT2D eigenvalue weighted by atomic mass is 10.1. The second kappa shape index (κ2) is 8.43. The van der Waals surface area contributed by atoms with Crippen molar-refractivity contribution in [3.05, 3.63) is 70.8 Å². The maximum atomic E-state index is 12.8. The van der Waals surface area contributed by atoms with E-state index >= 15 is 0 Å². The maximum Gasteiger partial charge on any atom is 0.297 e. The minimum atomic E-state index is -0.418. The number of aromatic nitrogens is 2. The molecule has 31 heavy (non-hydrogen) atoms. The molecule has 8 heteroatoms. The van der Waals surface area contributed by atoms with Gasteiger partial charge in [0.05, 0.1) is 6.33 Å². The number of nitrogens with zero attached hydrogens (tertiary/aromatic N) is 3. The van der Waals surface area contributed by atoms with Crippen LogP contribution in [0, 0.1) is 0 Å². The highest BCUT2D eigenvalue weighted by Crippen LogP contribution is 2.24. The van der Waals surface area contributed by atoms with Crippen LogP contribution in [0.2, 0.25) is 0 Å². The highest BCUT2D eigenvalue weighted by atomic mass is 16.3. The summed E-state index contributed by atoms with van der Waals surface area (Å²) in [4.78, 5) is 43.2. The van der Waals surface area contributed by atoms with Crippen LogP contribution in [-0.2, 0) is 22.7 Å². The molecule has 1 N–H and O–H groups in total. The Kier molecular flexibility index (Phi) is 5.53. The average Bonchev–Trinajstić information content (AvgIpc) is 3.14. The average molecular weight is 418 g/mol. The molecule has 8 nitrogen and oxygen atoms in total. The van der Waals surface area contributed by atoms with Gasteiger partial charge in [-0.05, 0) is 30.7 Å². The van der Waals surface area contributed by atoms with Gasteiger partial charge in [0, 0.05) is 31.1 Å². The summed E-state index contributed by atoms with van der Waals surface area (Å²) < 4.78 is 6.88. The van der Waals surface area contributed by atoms with Gasteiger partial charge < -0.3 is 14.6 Å². The number of hydrogen-bond acceptors (Lipinski definition) is 5. The number of rotatable bonds is 6. The van der Waals surface area contributed by atoms with Gasteiger partial charge in [-0.3, -0.25) is 19.0 Å². The Morgan fingerprint density at radius 3 is 2.65 bits per heavy atom. The number of benzene rings is 2. The van der Waals surface area contributed by atoms with Crippen molar-refractivity contribution >= 4 is 39.6 Å². The number of nitrogens with one attached hydrogen (secondary N) is 1. The van der Waals surface area contributed by atoms with E-state index in [1.807, 2.05) is 37.3 Å². The van der Waals surface area contributed by atoms with Crippen LogP contribution in [-0.4, -0.2) is 32.8 Å². The molecule has 2 amide bonds. The summed E-state index contributed by atoms with van der Waals surface area (Å²) in [5, 5.41) is 3.59. The fourth-order valence-corrected chi connectivity index (χ4v) is 3.50. The van der Waals surface area contributed by atoms with Crippen LogP contribution in [0.3, 0.4) is 0 Å². The van der Waals surface area contributed by atoms with E-state index < -0.39 is 5.56 Å². The predicted octanol–water partition coefficient (Wildman–Crippen LogP) is 3.15. The van der Waals surface area contributed by atoms with E-state index in [0.717, 1.165) is 10.9 Å². The Balaban J connectivity index is 1.56. The molecule has 4 rings (SSSR count). The van der Waals surface area contributed by atoms with Crippen molar-refractivity contribution in [2.45, 2.75) is 26.9 Å². The molecule has 2 aromatic heterocycles. The third-order valence-corrected chi connectivity index (χ3v) is 5.14. The van der Waals surface area contributed by atoms with Gasteiger partial charge >= 0.3 is 0 Å². The number of carbonyl (C=O) groups is 2. The Labute approximate surface area is 178 Å². The van der Waals surface area contributed by atoms with E-state index in [0.29, 0.717) is 29.9 Å². The largest absolute Gasteiger partial charge is 0.448 e. The molecule has 2 aromatic carbocycles. The molecule has 0 spiro atoms. The van der Waals surface area contributed by atoms with Gasteiger partial charge in [-0.2, -0.15) is 0 Å². The third kappa shape index (κ3) is 4.05. The van der Waals surface area contributed by atoms with E-state index in [2.05, 4.69) is 10.3 Å². The SMILES string of the molecule is CCN(Cc1ccccc1NC(=O)Cn1cnc2c(oc3ccccc32)c1=O)C(C)=O. The molecule has 2 heterocycles. The Morgan fingerprint density at radius 1 is 1.13 bits per heavy atom. The van der Waals surface area contributed by atoms with Crippen LogP contribution in [0.4, 0.5) is 5.69 Å². The second-order valence-electron chi connectivity index (χ2n) is 7.19.